The number of rotatable bonds is 2. The van der Waals surface area contributed by atoms with Crippen LogP contribution in [0.15, 0.2) is 22.7 Å². The average molecular weight is 382 g/mol. The van der Waals surface area contributed by atoms with Gasteiger partial charge in [0.2, 0.25) is 0 Å². The fourth-order valence-corrected chi connectivity index (χ4v) is 3.27. The molecule has 0 spiro atoms. The third-order valence-electron chi connectivity index (χ3n) is 3.78. The van der Waals surface area contributed by atoms with Crippen molar-refractivity contribution in [2.75, 3.05) is 13.1 Å². The zero-order valence-electron chi connectivity index (χ0n) is 11.3. The maximum atomic E-state index is 12.7. The van der Waals surface area contributed by atoms with Crippen LogP contribution in [0.5, 0.6) is 0 Å². The van der Waals surface area contributed by atoms with Gasteiger partial charge in [0, 0.05) is 28.6 Å². The van der Waals surface area contributed by atoms with Gasteiger partial charge in [0.05, 0.1) is 5.56 Å². The van der Waals surface area contributed by atoms with Gasteiger partial charge in [-0.2, -0.15) is 0 Å². The van der Waals surface area contributed by atoms with Crippen LogP contribution in [0.1, 0.15) is 30.1 Å². The van der Waals surface area contributed by atoms with E-state index in [2.05, 4.69) is 22.9 Å². The van der Waals surface area contributed by atoms with Crippen molar-refractivity contribution in [3.05, 3.63) is 33.3 Å². The minimum atomic E-state index is 0. The van der Waals surface area contributed by atoms with Crippen molar-refractivity contribution in [1.82, 2.24) is 4.90 Å². The highest BCUT2D eigenvalue weighted by Gasteiger charge is 2.32. The van der Waals surface area contributed by atoms with Gasteiger partial charge in [0.25, 0.3) is 5.91 Å². The standard InChI is InChI=1S/C14H18BrClN2O.ClH/c1-9-3-2-6-18(13(9)8-17)14(19)11-7-10(16)4-5-12(11)15;/h4-5,7,9,13H,2-3,6,8,17H2,1H3;1H. The van der Waals surface area contributed by atoms with Gasteiger partial charge in [0.15, 0.2) is 0 Å². The van der Waals surface area contributed by atoms with Crippen molar-refractivity contribution in [2.45, 2.75) is 25.8 Å². The maximum absolute atomic E-state index is 12.7. The fraction of sp³-hybridized carbons (Fsp3) is 0.500. The van der Waals surface area contributed by atoms with Crippen LogP contribution >= 0.6 is 39.9 Å². The molecule has 1 aromatic carbocycles. The molecule has 1 fully saturated rings. The van der Waals surface area contributed by atoms with Crippen molar-refractivity contribution in [1.29, 1.82) is 0 Å². The van der Waals surface area contributed by atoms with Crippen molar-refractivity contribution in [3.63, 3.8) is 0 Å². The molecule has 1 saturated heterocycles. The van der Waals surface area contributed by atoms with Crippen LogP contribution in [0.3, 0.4) is 0 Å². The van der Waals surface area contributed by atoms with Gasteiger partial charge in [-0.25, -0.2) is 0 Å². The molecule has 0 aliphatic carbocycles. The molecular formula is C14H19BrCl2N2O. The lowest BCUT2D eigenvalue weighted by Gasteiger charge is -2.39. The first-order valence-electron chi connectivity index (χ1n) is 6.50. The Morgan fingerprint density at radius 3 is 2.90 bits per heavy atom. The Morgan fingerprint density at radius 1 is 1.55 bits per heavy atom. The van der Waals surface area contributed by atoms with Gasteiger partial charge < -0.3 is 10.6 Å². The second-order valence-corrected chi connectivity index (χ2v) is 6.34. The molecule has 2 rings (SSSR count). The number of likely N-dealkylation sites (tertiary alicyclic amines) is 1. The summed E-state index contributed by atoms with van der Waals surface area (Å²) in [6, 6.07) is 5.40. The molecule has 2 unspecified atom stereocenters. The molecule has 3 nitrogen and oxygen atoms in total. The molecule has 1 aromatic rings. The number of nitrogens with zero attached hydrogens (tertiary/aromatic N) is 1. The van der Waals surface area contributed by atoms with E-state index in [0.717, 1.165) is 23.9 Å². The Bertz CT molecular complexity index is 484. The Labute approximate surface area is 139 Å². The van der Waals surface area contributed by atoms with Crippen LogP contribution in [-0.4, -0.2) is 29.9 Å². The highest BCUT2D eigenvalue weighted by molar-refractivity contribution is 9.10. The molecule has 0 aromatic heterocycles. The highest BCUT2D eigenvalue weighted by Crippen LogP contribution is 2.28. The largest absolute Gasteiger partial charge is 0.334 e. The van der Waals surface area contributed by atoms with Crippen LogP contribution in [0, 0.1) is 5.92 Å². The molecule has 0 radical (unpaired) electrons. The van der Waals surface area contributed by atoms with E-state index in [0.29, 0.717) is 23.0 Å². The number of hydrogen-bond donors (Lipinski definition) is 1. The first-order valence-corrected chi connectivity index (χ1v) is 7.67. The van der Waals surface area contributed by atoms with Gasteiger partial charge >= 0.3 is 0 Å². The summed E-state index contributed by atoms with van der Waals surface area (Å²) in [5, 5.41) is 0.570. The van der Waals surface area contributed by atoms with E-state index in [1.165, 1.54) is 0 Å². The molecule has 1 amide bonds. The molecule has 1 aliphatic rings. The van der Waals surface area contributed by atoms with E-state index < -0.39 is 0 Å². The molecule has 2 atom stereocenters. The van der Waals surface area contributed by atoms with Gasteiger partial charge in [-0.3, -0.25) is 4.79 Å². The molecule has 6 heteroatoms. The van der Waals surface area contributed by atoms with Gasteiger partial charge in [-0.1, -0.05) is 18.5 Å². The third-order valence-corrected chi connectivity index (χ3v) is 4.70. The Balaban J connectivity index is 0.00000200. The Kier molecular flexibility index (Phi) is 6.79. The Morgan fingerprint density at radius 2 is 2.25 bits per heavy atom. The molecule has 0 saturated carbocycles. The molecule has 112 valence electrons. The minimum Gasteiger partial charge on any atom is -0.334 e. The molecule has 2 N–H and O–H groups in total. The number of carbonyl (C=O) groups excluding carboxylic acids is 1. The lowest BCUT2D eigenvalue weighted by Crippen LogP contribution is -2.51. The minimum absolute atomic E-state index is 0. The number of nitrogens with two attached hydrogens (primary N) is 1. The number of amides is 1. The Hall–Kier alpha value is -0.290. The normalized spacial score (nSPS) is 22.3. The van der Waals surface area contributed by atoms with Gasteiger partial charge in [-0.05, 0) is 52.9 Å². The summed E-state index contributed by atoms with van der Waals surface area (Å²) in [4.78, 5) is 14.6. The van der Waals surface area contributed by atoms with Crippen molar-refractivity contribution < 1.29 is 4.79 Å². The van der Waals surface area contributed by atoms with Crippen molar-refractivity contribution in [3.8, 4) is 0 Å². The van der Waals surface area contributed by atoms with E-state index in [9.17, 15) is 4.79 Å². The lowest BCUT2D eigenvalue weighted by atomic mass is 9.90. The number of benzene rings is 1. The topological polar surface area (TPSA) is 46.3 Å². The van der Waals surface area contributed by atoms with Crippen LogP contribution in [0.2, 0.25) is 5.02 Å². The quantitative estimate of drug-likeness (QED) is 0.848. The smallest absolute Gasteiger partial charge is 0.255 e. The predicted molar refractivity (Wildman–Crippen MR) is 88.7 cm³/mol. The van der Waals surface area contributed by atoms with Gasteiger partial charge in [0.1, 0.15) is 0 Å². The first kappa shape index (κ1) is 17.8. The summed E-state index contributed by atoms with van der Waals surface area (Å²) in [5.74, 6) is 0.456. The molecule has 20 heavy (non-hydrogen) atoms. The van der Waals surface area contributed by atoms with E-state index in [1.807, 2.05) is 4.90 Å². The third kappa shape index (κ3) is 3.67. The summed E-state index contributed by atoms with van der Waals surface area (Å²) in [6.07, 6.45) is 2.16. The summed E-state index contributed by atoms with van der Waals surface area (Å²) in [6.45, 7) is 3.43. The first-order chi connectivity index (χ1) is 9.04. The number of carbonyl (C=O) groups is 1. The van der Waals surface area contributed by atoms with Gasteiger partial charge in [-0.15, -0.1) is 12.4 Å². The lowest BCUT2D eigenvalue weighted by molar-refractivity contribution is 0.0531. The van der Waals surface area contributed by atoms with Crippen LogP contribution < -0.4 is 5.73 Å². The SMILES string of the molecule is CC1CCCN(C(=O)c2cc(Cl)ccc2Br)C1CN.Cl. The van der Waals surface area contributed by atoms with E-state index in [-0.39, 0.29) is 24.4 Å². The second kappa shape index (κ2) is 7.64. The number of halogens is 3. The summed E-state index contributed by atoms with van der Waals surface area (Å²) in [5.41, 5.74) is 6.45. The molecular weight excluding hydrogens is 363 g/mol. The van der Waals surface area contributed by atoms with E-state index in [1.54, 1.807) is 18.2 Å². The maximum Gasteiger partial charge on any atom is 0.255 e. The fourth-order valence-electron chi connectivity index (χ4n) is 2.68. The van der Waals surface area contributed by atoms with E-state index >= 15 is 0 Å². The molecule has 0 bridgehead atoms. The summed E-state index contributed by atoms with van der Waals surface area (Å²) in [7, 11) is 0. The van der Waals surface area contributed by atoms with Crippen LogP contribution in [-0.2, 0) is 0 Å². The molecule has 1 heterocycles. The zero-order valence-corrected chi connectivity index (χ0v) is 14.5. The number of piperidine rings is 1. The summed E-state index contributed by atoms with van der Waals surface area (Å²) < 4.78 is 0.774. The number of hydrogen-bond acceptors (Lipinski definition) is 2. The molecule has 1 aliphatic heterocycles. The zero-order chi connectivity index (χ0) is 14.0. The summed E-state index contributed by atoms with van der Waals surface area (Å²) >= 11 is 9.40. The average Bonchev–Trinajstić information content (AvgIpc) is 2.40. The predicted octanol–water partition coefficient (Wildman–Crippen LogP) is 3.72. The van der Waals surface area contributed by atoms with Crippen LogP contribution in [0.4, 0.5) is 0 Å². The van der Waals surface area contributed by atoms with Crippen molar-refractivity contribution in [2.24, 2.45) is 11.7 Å². The van der Waals surface area contributed by atoms with Crippen molar-refractivity contribution >= 4 is 45.8 Å². The van der Waals surface area contributed by atoms with E-state index in [4.69, 9.17) is 17.3 Å². The second-order valence-electron chi connectivity index (χ2n) is 5.05. The van der Waals surface area contributed by atoms with Crippen LogP contribution in [0.25, 0.3) is 0 Å². The highest BCUT2D eigenvalue weighted by atomic mass is 79.9. The monoisotopic (exact) mass is 380 g/mol.